The second kappa shape index (κ2) is 10.4. The molecule has 2 saturated heterocycles. The molecule has 0 bridgehead atoms. The zero-order valence-corrected chi connectivity index (χ0v) is 22.4. The predicted molar refractivity (Wildman–Crippen MR) is 152 cm³/mol. The smallest absolute Gasteiger partial charge is 0.241 e. The monoisotopic (exact) mass is 556 g/mol. The number of aromatic nitrogens is 1. The number of anilines is 1. The number of amides is 1. The van der Waals surface area contributed by atoms with Crippen molar-refractivity contribution in [1.82, 2.24) is 15.2 Å². The maximum Gasteiger partial charge on any atom is 0.241 e. The van der Waals surface area contributed by atoms with Crippen LogP contribution in [0.3, 0.4) is 0 Å². The highest BCUT2D eigenvalue weighted by Crippen LogP contribution is 2.45. The Kier molecular flexibility index (Phi) is 6.55. The van der Waals surface area contributed by atoms with Gasteiger partial charge in [-0.25, -0.2) is 8.78 Å². The summed E-state index contributed by atoms with van der Waals surface area (Å²) in [5.41, 5.74) is 4.24. The molecule has 210 valence electrons. The van der Waals surface area contributed by atoms with Crippen LogP contribution in [0.1, 0.15) is 43.0 Å². The van der Waals surface area contributed by atoms with E-state index in [4.69, 9.17) is 4.74 Å². The SMILES string of the molecule is O=C(Cc1ccc2c(c1)cc1n2[C@H](c2cc(F)cc(F)c2)Oc2cc(NC(=O)[C@@H]3CCCN3)ccc2-1)[C@@H]1CCCN1. The Morgan fingerprint density at radius 1 is 0.902 bits per heavy atom. The van der Waals surface area contributed by atoms with Crippen LogP contribution < -0.4 is 20.7 Å². The molecule has 41 heavy (non-hydrogen) atoms. The van der Waals surface area contributed by atoms with E-state index >= 15 is 0 Å². The summed E-state index contributed by atoms with van der Waals surface area (Å²) < 4.78 is 37.1. The van der Waals surface area contributed by atoms with E-state index < -0.39 is 17.9 Å². The molecule has 0 aliphatic carbocycles. The molecule has 1 aromatic heterocycles. The molecule has 2 fully saturated rings. The molecular weight excluding hydrogens is 526 g/mol. The van der Waals surface area contributed by atoms with Crippen molar-refractivity contribution in [1.29, 1.82) is 0 Å². The van der Waals surface area contributed by atoms with E-state index in [0.29, 0.717) is 23.4 Å². The van der Waals surface area contributed by atoms with Crippen LogP contribution >= 0.6 is 0 Å². The van der Waals surface area contributed by atoms with Gasteiger partial charge in [-0.3, -0.25) is 9.59 Å². The number of fused-ring (bicyclic) bond motifs is 5. The number of hydrogen-bond donors (Lipinski definition) is 3. The van der Waals surface area contributed by atoms with Gasteiger partial charge in [-0.2, -0.15) is 0 Å². The summed E-state index contributed by atoms with van der Waals surface area (Å²) >= 11 is 0. The summed E-state index contributed by atoms with van der Waals surface area (Å²) in [5.74, 6) is -0.825. The van der Waals surface area contributed by atoms with Crippen LogP contribution in [0.4, 0.5) is 14.5 Å². The van der Waals surface area contributed by atoms with Crippen LogP contribution in [0, 0.1) is 11.6 Å². The van der Waals surface area contributed by atoms with Crippen molar-refractivity contribution >= 4 is 28.3 Å². The van der Waals surface area contributed by atoms with Gasteiger partial charge in [0, 0.05) is 40.8 Å². The van der Waals surface area contributed by atoms with E-state index in [1.807, 2.05) is 41.0 Å². The molecule has 3 aliphatic rings. The van der Waals surface area contributed by atoms with E-state index in [0.717, 1.165) is 72.6 Å². The van der Waals surface area contributed by atoms with Gasteiger partial charge in [0.25, 0.3) is 0 Å². The van der Waals surface area contributed by atoms with E-state index in [9.17, 15) is 18.4 Å². The first kappa shape index (κ1) is 25.9. The first-order valence-corrected chi connectivity index (χ1v) is 14.1. The maximum atomic E-state index is 14.4. The highest BCUT2D eigenvalue weighted by atomic mass is 19.1. The van der Waals surface area contributed by atoms with Gasteiger partial charge in [-0.1, -0.05) is 6.07 Å². The molecule has 4 heterocycles. The van der Waals surface area contributed by atoms with Gasteiger partial charge < -0.3 is 25.3 Å². The molecule has 0 saturated carbocycles. The largest absolute Gasteiger partial charge is 0.465 e. The molecule has 1 amide bonds. The lowest BCUT2D eigenvalue weighted by Crippen LogP contribution is -2.35. The lowest BCUT2D eigenvalue weighted by Gasteiger charge is -2.30. The number of nitrogens with one attached hydrogen (secondary N) is 3. The topological polar surface area (TPSA) is 84.4 Å². The number of rotatable bonds is 6. The molecular formula is C32H30F2N4O3. The lowest BCUT2D eigenvalue weighted by molar-refractivity contribution is -0.120. The van der Waals surface area contributed by atoms with Gasteiger partial charge in [-0.15, -0.1) is 0 Å². The zero-order valence-electron chi connectivity index (χ0n) is 22.4. The Balaban J connectivity index is 1.28. The van der Waals surface area contributed by atoms with Crippen molar-refractivity contribution < 1.29 is 23.1 Å². The maximum absolute atomic E-state index is 14.4. The van der Waals surface area contributed by atoms with Gasteiger partial charge in [-0.05, 0) is 86.8 Å². The zero-order chi connectivity index (χ0) is 28.1. The molecule has 4 aromatic rings. The minimum Gasteiger partial charge on any atom is -0.465 e. The lowest BCUT2D eigenvalue weighted by atomic mass is 10.0. The first-order valence-electron chi connectivity index (χ1n) is 14.1. The van der Waals surface area contributed by atoms with Gasteiger partial charge in [0.1, 0.15) is 17.4 Å². The summed E-state index contributed by atoms with van der Waals surface area (Å²) in [6.45, 7) is 1.68. The van der Waals surface area contributed by atoms with Crippen LogP contribution in [-0.2, 0) is 16.0 Å². The Morgan fingerprint density at radius 3 is 2.39 bits per heavy atom. The minimum absolute atomic E-state index is 0.0976. The van der Waals surface area contributed by atoms with E-state index in [2.05, 4.69) is 16.0 Å². The van der Waals surface area contributed by atoms with Crippen molar-refractivity contribution in [3.63, 3.8) is 0 Å². The molecule has 0 unspecified atom stereocenters. The van der Waals surface area contributed by atoms with Crippen LogP contribution in [0.2, 0.25) is 0 Å². The Hall–Kier alpha value is -4.08. The second-order valence-electron chi connectivity index (χ2n) is 11.1. The molecule has 3 aliphatic heterocycles. The third-order valence-electron chi connectivity index (χ3n) is 8.28. The number of carbonyl (C=O) groups is 2. The summed E-state index contributed by atoms with van der Waals surface area (Å²) in [6.07, 6.45) is 3.09. The van der Waals surface area contributed by atoms with Crippen LogP contribution in [0.25, 0.3) is 22.2 Å². The van der Waals surface area contributed by atoms with Gasteiger partial charge in [0.15, 0.2) is 5.78 Å². The summed E-state index contributed by atoms with van der Waals surface area (Å²) in [4.78, 5) is 25.5. The molecule has 7 rings (SSSR count). The number of hydrogen-bond acceptors (Lipinski definition) is 5. The number of ether oxygens (including phenoxy) is 1. The second-order valence-corrected chi connectivity index (χ2v) is 11.1. The standard InChI is InChI=1S/C32H30F2N4O3/c33-21-13-20(14-22(34)16-21)32-38-27-8-5-18(12-29(39)25-3-1-9-35-25)11-19(27)15-28(38)24-7-6-23(17-30(24)41-32)37-31(40)26-4-2-10-36-26/h5-8,11,13-17,25-26,32,35-36H,1-4,9-10,12H2,(H,37,40)/t25-,26-,32-/m0/s1. The fourth-order valence-electron chi connectivity index (χ4n) is 6.29. The van der Waals surface area contributed by atoms with E-state index in [1.165, 1.54) is 12.1 Å². The van der Waals surface area contributed by atoms with Gasteiger partial charge >= 0.3 is 0 Å². The van der Waals surface area contributed by atoms with E-state index in [-0.39, 0.29) is 23.8 Å². The quantitative estimate of drug-likeness (QED) is 0.309. The number of carbonyl (C=O) groups excluding carboxylic acids is 2. The molecule has 3 atom stereocenters. The van der Waals surface area contributed by atoms with Crippen LogP contribution in [0.15, 0.2) is 60.7 Å². The highest BCUT2D eigenvalue weighted by molar-refractivity contribution is 5.96. The average molecular weight is 557 g/mol. The third-order valence-corrected chi connectivity index (χ3v) is 8.28. The van der Waals surface area contributed by atoms with Crippen molar-refractivity contribution in [3.8, 4) is 17.0 Å². The van der Waals surface area contributed by atoms with Crippen molar-refractivity contribution in [2.75, 3.05) is 18.4 Å². The average Bonchev–Trinajstić information content (AvgIpc) is 3.73. The fourth-order valence-corrected chi connectivity index (χ4v) is 6.29. The summed E-state index contributed by atoms with van der Waals surface area (Å²) in [6, 6.07) is 16.4. The molecule has 9 heteroatoms. The van der Waals surface area contributed by atoms with Crippen molar-refractivity contribution in [2.24, 2.45) is 0 Å². The van der Waals surface area contributed by atoms with Crippen LogP contribution in [-0.4, -0.2) is 41.4 Å². The summed E-state index contributed by atoms with van der Waals surface area (Å²) in [5, 5.41) is 10.3. The Morgan fingerprint density at radius 2 is 1.66 bits per heavy atom. The first-order chi connectivity index (χ1) is 19.9. The minimum atomic E-state index is -0.849. The Bertz CT molecular complexity index is 1650. The number of ketones is 1. The van der Waals surface area contributed by atoms with Crippen molar-refractivity contribution in [2.45, 2.75) is 50.4 Å². The number of halogens is 2. The number of benzene rings is 3. The predicted octanol–water partition coefficient (Wildman–Crippen LogP) is 5.08. The van der Waals surface area contributed by atoms with Gasteiger partial charge in [0.05, 0.1) is 23.3 Å². The molecule has 3 aromatic carbocycles. The fraction of sp³-hybridized carbons (Fsp3) is 0.312. The normalized spacial score (nSPS) is 21.4. The summed E-state index contributed by atoms with van der Waals surface area (Å²) in [7, 11) is 0. The van der Waals surface area contributed by atoms with Crippen LogP contribution in [0.5, 0.6) is 5.75 Å². The molecule has 0 radical (unpaired) electrons. The molecule has 7 nitrogen and oxygen atoms in total. The highest BCUT2D eigenvalue weighted by Gasteiger charge is 2.31. The van der Waals surface area contributed by atoms with Crippen molar-refractivity contribution in [3.05, 3.63) is 83.4 Å². The molecule has 0 spiro atoms. The third kappa shape index (κ3) is 4.89. The number of Topliss-reactive ketones (excluding diaryl/α,β-unsaturated/α-hetero) is 1. The van der Waals surface area contributed by atoms with E-state index in [1.54, 1.807) is 6.07 Å². The van der Waals surface area contributed by atoms with Gasteiger partial charge in [0.2, 0.25) is 12.1 Å². The molecule has 3 N–H and O–H groups in total. The number of nitrogens with zero attached hydrogens (tertiary/aromatic N) is 1. The Labute approximate surface area is 235 Å².